The second-order valence-corrected chi connectivity index (χ2v) is 10.5. The summed E-state index contributed by atoms with van der Waals surface area (Å²) in [6.45, 7) is 7.24. The number of carbonyl (C=O) groups is 4. The maximum absolute atomic E-state index is 13.5. The van der Waals surface area contributed by atoms with Gasteiger partial charge in [-0.05, 0) is 49.7 Å². The molecule has 0 heterocycles. The highest BCUT2D eigenvalue weighted by Crippen LogP contribution is 2.32. The molecule has 10 nitrogen and oxygen atoms in total. The standard InChI is InChI=1S/C31H42N6O4/c1-4-25(28(39)36-27(23-13-7-5-8-14-23)24-15-9-6-10-16-24)34-29(40)26(17-11-20-33-21(2)32)35-30(41)31(18-12-19-31)37-22(3)38/h5-10,13-16,25-27,33H,2,4,11-12,17-20,32H2,1,3H3,(H,34,40)(H,35,41)(H,36,39)(H,37,38)/t25-,26-/m0/s1. The van der Waals surface area contributed by atoms with Gasteiger partial charge in [-0.2, -0.15) is 0 Å². The van der Waals surface area contributed by atoms with Gasteiger partial charge in [0, 0.05) is 13.5 Å². The highest BCUT2D eigenvalue weighted by Gasteiger charge is 2.46. The Morgan fingerprint density at radius 1 is 0.878 bits per heavy atom. The maximum atomic E-state index is 13.5. The fraction of sp³-hybridized carbons (Fsp3) is 0.419. The molecule has 10 heteroatoms. The zero-order chi connectivity index (χ0) is 29.8. The number of nitrogens with one attached hydrogen (secondary N) is 5. The second-order valence-electron chi connectivity index (χ2n) is 10.5. The van der Waals surface area contributed by atoms with Gasteiger partial charge in [-0.1, -0.05) is 74.2 Å². The van der Waals surface area contributed by atoms with Gasteiger partial charge in [0.25, 0.3) is 0 Å². The summed E-state index contributed by atoms with van der Waals surface area (Å²) >= 11 is 0. The molecule has 0 spiro atoms. The van der Waals surface area contributed by atoms with Gasteiger partial charge in [-0.25, -0.2) is 0 Å². The molecule has 0 radical (unpaired) electrons. The van der Waals surface area contributed by atoms with E-state index in [9.17, 15) is 19.2 Å². The fourth-order valence-electron chi connectivity index (χ4n) is 4.91. The molecular weight excluding hydrogens is 520 g/mol. The van der Waals surface area contributed by atoms with Crippen LogP contribution < -0.4 is 32.3 Å². The van der Waals surface area contributed by atoms with Crippen molar-refractivity contribution in [3.8, 4) is 0 Å². The number of amides is 4. The third-order valence-electron chi connectivity index (χ3n) is 7.29. The molecule has 0 aliphatic heterocycles. The van der Waals surface area contributed by atoms with Crippen molar-refractivity contribution in [3.05, 3.63) is 84.2 Å². The van der Waals surface area contributed by atoms with Gasteiger partial charge < -0.3 is 32.3 Å². The Kier molecular flexibility index (Phi) is 11.3. The number of benzene rings is 2. The lowest BCUT2D eigenvalue weighted by atomic mass is 9.75. The molecule has 2 aromatic carbocycles. The lowest BCUT2D eigenvalue weighted by molar-refractivity contribution is -0.139. The van der Waals surface area contributed by atoms with E-state index in [4.69, 9.17) is 5.73 Å². The SMILES string of the molecule is C=C(N)NCCC[C@H](NC(=O)C1(NC(C)=O)CCC1)C(=O)N[C@@H](CC)C(=O)NC(c1ccccc1)c1ccccc1. The van der Waals surface area contributed by atoms with Crippen molar-refractivity contribution in [1.29, 1.82) is 0 Å². The van der Waals surface area contributed by atoms with Crippen LogP contribution >= 0.6 is 0 Å². The summed E-state index contributed by atoms with van der Waals surface area (Å²) in [7, 11) is 0. The van der Waals surface area contributed by atoms with Crippen LogP contribution in [0.5, 0.6) is 0 Å². The van der Waals surface area contributed by atoms with Crippen LogP contribution in [0, 0.1) is 0 Å². The second kappa shape index (κ2) is 14.9. The summed E-state index contributed by atoms with van der Waals surface area (Å²) in [5.74, 6) is -1.21. The van der Waals surface area contributed by atoms with Crippen molar-refractivity contribution in [2.24, 2.45) is 5.73 Å². The molecule has 0 aromatic heterocycles. The minimum absolute atomic E-state index is 0.294. The van der Waals surface area contributed by atoms with Gasteiger partial charge in [0.05, 0.1) is 11.9 Å². The summed E-state index contributed by atoms with van der Waals surface area (Å²) in [6.07, 6.45) is 2.95. The Balaban J connectivity index is 1.74. The molecule has 220 valence electrons. The number of rotatable bonds is 15. The van der Waals surface area contributed by atoms with E-state index in [1.54, 1.807) is 0 Å². The van der Waals surface area contributed by atoms with Gasteiger partial charge in [0.2, 0.25) is 23.6 Å². The predicted molar refractivity (Wildman–Crippen MR) is 158 cm³/mol. The van der Waals surface area contributed by atoms with Crippen molar-refractivity contribution in [2.75, 3.05) is 6.54 Å². The molecule has 4 amide bonds. The monoisotopic (exact) mass is 562 g/mol. The number of hydrogen-bond acceptors (Lipinski definition) is 6. The molecule has 2 atom stereocenters. The van der Waals surface area contributed by atoms with E-state index in [0.717, 1.165) is 17.5 Å². The molecule has 2 aromatic rings. The number of hydrogen-bond donors (Lipinski definition) is 6. The highest BCUT2D eigenvalue weighted by atomic mass is 16.2. The van der Waals surface area contributed by atoms with Crippen molar-refractivity contribution >= 4 is 23.6 Å². The van der Waals surface area contributed by atoms with Gasteiger partial charge in [-0.15, -0.1) is 0 Å². The Morgan fingerprint density at radius 3 is 1.90 bits per heavy atom. The van der Waals surface area contributed by atoms with Crippen LogP contribution in [0.4, 0.5) is 0 Å². The molecule has 1 fully saturated rings. The zero-order valence-electron chi connectivity index (χ0n) is 23.9. The quantitative estimate of drug-likeness (QED) is 0.183. The van der Waals surface area contributed by atoms with E-state index in [1.807, 2.05) is 67.6 Å². The minimum Gasteiger partial charge on any atom is -0.386 e. The third kappa shape index (κ3) is 8.83. The molecule has 41 heavy (non-hydrogen) atoms. The largest absolute Gasteiger partial charge is 0.386 e. The summed E-state index contributed by atoms with van der Waals surface area (Å²) < 4.78 is 0. The minimum atomic E-state index is -1.02. The summed E-state index contributed by atoms with van der Waals surface area (Å²) in [4.78, 5) is 52.0. The van der Waals surface area contributed by atoms with Gasteiger partial charge in [-0.3, -0.25) is 19.2 Å². The Bertz CT molecular complexity index is 1160. The normalized spacial score (nSPS) is 15.0. The molecule has 0 saturated heterocycles. The van der Waals surface area contributed by atoms with E-state index in [1.165, 1.54) is 6.92 Å². The van der Waals surface area contributed by atoms with E-state index in [0.29, 0.717) is 44.5 Å². The van der Waals surface area contributed by atoms with Gasteiger partial charge >= 0.3 is 0 Å². The van der Waals surface area contributed by atoms with E-state index in [-0.39, 0.29) is 11.8 Å². The molecule has 3 rings (SSSR count). The first-order valence-electron chi connectivity index (χ1n) is 14.1. The molecule has 0 bridgehead atoms. The summed E-state index contributed by atoms with van der Waals surface area (Å²) in [5.41, 5.74) is 6.39. The van der Waals surface area contributed by atoms with Crippen LogP contribution in [0.1, 0.15) is 69.5 Å². The molecule has 1 saturated carbocycles. The lowest BCUT2D eigenvalue weighted by Gasteiger charge is -2.41. The Labute approximate surface area is 241 Å². The fourth-order valence-corrected chi connectivity index (χ4v) is 4.91. The summed E-state index contributed by atoms with van der Waals surface area (Å²) in [5, 5.41) is 14.4. The molecule has 0 unspecified atom stereocenters. The number of carbonyl (C=O) groups excluding carboxylic acids is 4. The summed E-state index contributed by atoms with van der Waals surface area (Å²) in [6, 6.07) is 17.1. The first-order chi connectivity index (χ1) is 19.6. The molecular formula is C31H42N6O4. The average molecular weight is 563 g/mol. The van der Waals surface area contributed by atoms with Crippen molar-refractivity contribution in [2.45, 2.75) is 76.0 Å². The van der Waals surface area contributed by atoms with Crippen LogP contribution in [0.15, 0.2) is 73.1 Å². The molecule has 1 aliphatic rings. The number of nitrogens with two attached hydrogens (primary N) is 1. The average Bonchev–Trinajstić information content (AvgIpc) is 2.94. The lowest BCUT2D eigenvalue weighted by Crippen LogP contribution is -2.65. The van der Waals surface area contributed by atoms with E-state index >= 15 is 0 Å². The molecule has 7 N–H and O–H groups in total. The van der Waals surface area contributed by atoms with Crippen molar-refractivity contribution in [1.82, 2.24) is 26.6 Å². The third-order valence-corrected chi connectivity index (χ3v) is 7.29. The predicted octanol–water partition coefficient (Wildman–Crippen LogP) is 2.13. The highest BCUT2D eigenvalue weighted by molar-refractivity contribution is 5.96. The Hall–Kier alpha value is -4.34. The van der Waals surface area contributed by atoms with Crippen molar-refractivity contribution in [3.63, 3.8) is 0 Å². The maximum Gasteiger partial charge on any atom is 0.246 e. The van der Waals surface area contributed by atoms with Crippen LogP contribution in [0.25, 0.3) is 0 Å². The smallest absolute Gasteiger partial charge is 0.246 e. The molecule has 1 aliphatic carbocycles. The van der Waals surface area contributed by atoms with Crippen LogP contribution in [0.3, 0.4) is 0 Å². The topological polar surface area (TPSA) is 154 Å². The van der Waals surface area contributed by atoms with Gasteiger partial charge in [0.15, 0.2) is 0 Å². The van der Waals surface area contributed by atoms with Crippen molar-refractivity contribution < 1.29 is 19.2 Å². The van der Waals surface area contributed by atoms with Gasteiger partial charge in [0.1, 0.15) is 17.6 Å². The Morgan fingerprint density at radius 2 is 1.44 bits per heavy atom. The van der Waals surface area contributed by atoms with Crippen LogP contribution in [-0.2, 0) is 19.2 Å². The zero-order valence-corrected chi connectivity index (χ0v) is 23.9. The first kappa shape index (κ1) is 31.2. The van der Waals surface area contributed by atoms with Crippen LogP contribution in [-0.4, -0.2) is 47.8 Å². The first-order valence-corrected chi connectivity index (χ1v) is 14.1. The van der Waals surface area contributed by atoms with Crippen LogP contribution in [0.2, 0.25) is 0 Å². The van der Waals surface area contributed by atoms with E-state index in [2.05, 4.69) is 33.2 Å². The van der Waals surface area contributed by atoms with E-state index < -0.39 is 35.5 Å².